The van der Waals surface area contributed by atoms with Crippen LogP contribution in [0.3, 0.4) is 0 Å². The number of carboxylic acid groups (broad SMARTS) is 1. The van der Waals surface area contributed by atoms with Crippen molar-refractivity contribution in [3.05, 3.63) is 88.4 Å². The third-order valence-corrected chi connectivity index (χ3v) is 8.52. The topological polar surface area (TPSA) is 72.8 Å². The summed E-state index contributed by atoms with van der Waals surface area (Å²) in [5.74, 6) is -0.163. The Kier molecular flexibility index (Phi) is 10.1. The van der Waals surface area contributed by atoms with E-state index < -0.39 is 12.1 Å². The minimum Gasteiger partial charge on any atom is -0.481 e. The number of hydrogen-bond acceptors (Lipinski definition) is 5. The quantitative estimate of drug-likeness (QED) is 0.205. The van der Waals surface area contributed by atoms with Gasteiger partial charge in [-0.1, -0.05) is 66.2 Å². The van der Waals surface area contributed by atoms with E-state index in [2.05, 4.69) is 43.4 Å². The van der Waals surface area contributed by atoms with Crippen molar-refractivity contribution in [1.82, 2.24) is 9.62 Å². The number of carbonyl (C=O) groups is 1. The van der Waals surface area contributed by atoms with Crippen molar-refractivity contribution < 1.29 is 15.0 Å². The standard InChI is InChI=1S/C32H39ClN2O3S/c1-32(2,19-23-16-24-8-4-5-9-25(24)17-23)34-20-27(36)21-35(3)39-28-12-13-29(30(33)18-28)26-10-6-7-22(15-26)11-14-31(37)38/h4-10,12-13,15,18,23,27,34,36H,11,14,16-17,19-21H2,1-3H3,(H,37,38)/t27-/m1/s1. The third-order valence-electron chi connectivity index (χ3n) is 7.29. The SMILES string of the molecule is CN(C[C@H](O)CNC(C)(C)CC1Cc2ccccc2C1)Sc1ccc(-c2cccc(CCC(=O)O)c2)c(Cl)c1. The molecule has 39 heavy (non-hydrogen) atoms. The van der Waals surface area contributed by atoms with E-state index in [4.69, 9.17) is 16.7 Å². The molecule has 0 aliphatic heterocycles. The molecule has 0 fully saturated rings. The van der Waals surface area contributed by atoms with Crippen molar-refractivity contribution in [3.63, 3.8) is 0 Å². The van der Waals surface area contributed by atoms with Crippen LogP contribution in [0, 0.1) is 5.92 Å². The van der Waals surface area contributed by atoms with Gasteiger partial charge in [0.1, 0.15) is 0 Å². The predicted octanol–water partition coefficient (Wildman–Crippen LogP) is 6.50. The van der Waals surface area contributed by atoms with Crippen LogP contribution in [0.5, 0.6) is 0 Å². The van der Waals surface area contributed by atoms with Crippen molar-refractivity contribution in [3.8, 4) is 11.1 Å². The van der Waals surface area contributed by atoms with Gasteiger partial charge >= 0.3 is 5.97 Å². The molecule has 0 saturated heterocycles. The van der Waals surface area contributed by atoms with Crippen molar-refractivity contribution >= 4 is 29.5 Å². The Morgan fingerprint density at radius 2 is 1.82 bits per heavy atom. The van der Waals surface area contributed by atoms with Crippen molar-refractivity contribution in [2.45, 2.75) is 62.5 Å². The molecule has 0 aromatic heterocycles. The molecular weight excluding hydrogens is 528 g/mol. The van der Waals surface area contributed by atoms with Gasteiger partial charge in [-0.05, 0) is 98.8 Å². The summed E-state index contributed by atoms with van der Waals surface area (Å²) in [6.45, 7) is 5.52. The molecule has 0 bridgehead atoms. The Balaban J connectivity index is 1.25. The molecule has 208 valence electrons. The first-order valence-electron chi connectivity index (χ1n) is 13.6. The van der Waals surface area contributed by atoms with Gasteiger partial charge in [0.2, 0.25) is 0 Å². The van der Waals surface area contributed by atoms with Gasteiger partial charge in [0.25, 0.3) is 0 Å². The highest BCUT2D eigenvalue weighted by Gasteiger charge is 2.28. The molecule has 4 rings (SSSR count). The van der Waals surface area contributed by atoms with E-state index in [0.717, 1.165) is 40.8 Å². The van der Waals surface area contributed by atoms with Crippen molar-refractivity contribution in [2.24, 2.45) is 5.92 Å². The first-order chi connectivity index (χ1) is 18.6. The first kappa shape index (κ1) is 29.6. The molecule has 3 aromatic rings. The van der Waals surface area contributed by atoms with Crippen LogP contribution in [-0.2, 0) is 24.1 Å². The summed E-state index contributed by atoms with van der Waals surface area (Å²) in [6.07, 6.45) is 3.45. The van der Waals surface area contributed by atoms with Crippen LogP contribution in [0.4, 0.5) is 0 Å². The summed E-state index contributed by atoms with van der Waals surface area (Å²) in [5.41, 5.74) is 5.77. The summed E-state index contributed by atoms with van der Waals surface area (Å²) in [6, 6.07) is 22.6. The summed E-state index contributed by atoms with van der Waals surface area (Å²) in [5, 5.41) is 23.9. The molecule has 0 saturated carbocycles. The molecule has 3 aromatic carbocycles. The minimum absolute atomic E-state index is 0.0479. The second-order valence-electron chi connectivity index (χ2n) is 11.3. The molecule has 5 nitrogen and oxygen atoms in total. The van der Waals surface area contributed by atoms with E-state index in [1.165, 1.54) is 11.1 Å². The highest BCUT2D eigenvalue weighted by Crippen LogP contribution is 2.34. The molecule has 0 unspecified atom stereocenters. The number of carboxylic acids is 1. The molecule has 0 heterocycles. The van der Waals surface area contributed by atoms with E-state index in [1.807, 2.05) is 53.8 Å². The number of nitrogens with zero attached hydrogens (tertiary/aromatic N) is 1. The van der Waals surface area contributed by atoms with Crippen LogP contribution in [0.2, 0.25) is 5.02 Å². The van der Waals surface area contributed by atoms with Crippen LogP contribution < -0.4 is 5.32 Å². The fourth-order valence-electron chi connectivity index (χ4n) is 5.49. The number of halogens is 1. The Bertz CT molecular complexity index is 1260. The molecule has 0 amide bonds. The molecule has 1 aliphatic rings. The monoisotopic (exact) mass is 566 g/mol. The van der Waals surface area contributed by atoms with E-state index >= 15 is 0 Å². The maximum atomic E-state index is 10.9. The van der Waals surface area contributed by atoms with E-state index in [0.29, 0.717) is 30.5 Å². The lowest BCUT2D eigenvalue weighted by atomic mass is 9.88. The van der Waals surface area contributed by atoms with E-state index in [1.54, 1.807) is 11.9 Å². The molecule has 0 radical (unpaired) electrons. The van der Waals surface area contributed by atoms with Crippen LogP contribution in [0.1, 0.15) is 43.4 Å². The normalized spacial score (nSPS) is 14.5. The minimum atomic E-state index is -0.802. The first-order valence-corrected chi connectivity index (χ1v) is 14.7. The number of likely N-dealkylation sites (N-methyl/N-ethyl adjacent to an activating group) is 1. The van der Waals surface area contributed by atoms with Gasteiger partial charge in [0, 0.05) is 40.5 Å². The smallest absolute Gasteiger partial charge is 0.303 e. The fourth-order valence-corrected chi connectivity index (χ4v) is 6.75. The van der Waals surface area contributed by atoms with Crippen LogP contribution in [0.25, 0.3) is 11.1 Å². The number of rotatable bonds is 13. The number of nitrogens with one attached hydrogen (secondary N) is 1. The predicted molar refractivity (Wildman–Crippen MR) is 161 cm³/mol. The second kappa shape index (κ2) is 13.3. The Labute approximate surface area is 241 Å². The summed E-state index contributed by atoms with van der Waals surface area (Å²) < 4.78 is 2.03. The van der Waals surface area contributed by atoms with Crippen LogP contribution >= 0.6 is 23.5 Å². The Morgan fingerprint density at radius 1 is 1.10 bits per heavy atom. The lowest BCUT2D eigenvalue weighted by molar-refractivity contribution is -0.136. The van der Waals surface area contributed by atoms with E-state index in [9.17, 15) is 9.90 Å². The number of hydrogen-bond donors (Lipinski definition) is 3. The highest BCUT2D eigenvalue weighted by atomic mass is 35.5. The molecule has 1 aliphatic carbocycles. The molecule has 3 N–H and O–H groups in total. The van der Waals surface area contributed by atoms with Gasteiger partial charge in [0.15, 0.2) is 0 Å². The maximum Gasteiger partial charge on any atom is 0.303 e. The number of aliphatic hydroxyl groups is 1. The van der Waals surface area contributed by atoms with Gasteiger partial charge in [-0.3, -0.25) is 4.79 Å². The molecule has 0 spiro atoms. The van der Waals surface area contributed by atoms with Gasteiger partial charge < -0.3 is 15.5 Å². The number of aryl methyl sites for hydroxylation is 1. The van der Waals surface area contributed by atoms with Crippen LogP contribution in [0.15, 0.2) is 71.6 Å². The number of β-amino-alcohol motifs (C(OH)–C–C–N with tert-alkyl or cyclic N) is 1. The van der Waals surface area contributed by atoms with Crippen LogP contribution in [-0.4, -0.2) is 52.3 Å². The molecule has 7 heteroatoms. The maximum absolute atomic E-state index is 10.9. The molecular formula is C32H39ClN2O3S. The van der Waals surface area contributed by atoms with Crippen molar-refractivity contribution in [2.75, 3.05) is 20.1 Å². The van der Waals surface area contributed by atoms with E-state index in [-0.39, 0.29) is 12.0 Å². The van der Waals surface area contributed by atoms with Gasteiger partial charge in [0.05, 0.1) is 6.10 Å². The third kappa shape index (κ3) is 8.82. The second-order valence-corrected chi connectivity index (χ2v) is 13.0. The molecule has 1 atom stereocenters. The van der Waals surface area contributed by atoms with Gasteiger partial charge in [-0.25, -0.2) is 4.31 Å². The number of aliphatic hydroxyl groups excluding tert-OH is 1. The summed E-state index contributed by atoms with van der Waals surface area (Å²) in [7, 11) is 1.97. The zero-order chi connectivity index (χ0) is 28.0. The zero-order valence-corrected chi connectivity index (χ0v) is 24.6. The summed E-state index contributed by atoms with van der Waals surface area (Å²) >= 11 is 8.20. The number of aliphatic carboxylic acids is 1. The Hall–Kier alpha value is -2.35. The van der Waals surface area contributed by atoms with Gasteiger partial charge in [-0.15, -0.1) is 0 Å². The van der Waals surface area contributed by atoms with Crippen molar-refractivity contribution in [1.29, 1.82) is 0 Å². The lowest BCUT2D eigenvalue weighted by Crippen LogP contribution is -2.46. The Morgan fingerprint density at radius 3 is 2.49 bits per heavy atom. The number of benzene rings is 3. The fraction of sp³-hybridized carbons (Fsp3) is 0.406. The average Bonchev–Trinajstić information content (AvgIpc) is 3.28. The number of fused-ring (bicyclic) bond motifs is 1. The van der Waals surface area contributed by atoms with Gasteiger partial charge in [-0.2, -0.15) is 0 Å². The average molecular weight is 567 g/mol. The lowest BCUT2D eigenvalue weighted by Gasteiger charge is -2.31. The zero-order valence-electron chi connectivity index (χ0n) is 23.0. The highest BCUT2D eigenvalue weighted by molar-refractivity contribution is 7.97. The summed E-state index contributed by atoms with van der Waals surface area (Å²) in [4.78, 5) is 11.9. The largest absolute Gasteiger partial charge is 0.481 e.